The molecule has 0 saturated heterocycles. The van der Waals surface area contributed by atoms with Crippen molar-refractivity contribution in [2.75, 3.05) is 13.2 Å². The largest absolute Gasteiger partial charge is 0.506 e. The van der Waals surface area contributed by atoms with Gasteiger partial charge in [0.2, 0.25) is 5.91 Å². The zero-order valence-corrected chi connectivity index (χ0v) is 21.2. The van der Waals surface area contributed by atoms with Crippen LogP contribution in [-0.4, -0.2) is 35.2 Å². The minimum Gasteiger partial charge on any atom is -0.506 e. The summed E-state index contributed by atoms with van der Waals surface area (Å²) in [5.74, 6) is -0.927. The van der Waals surface area contributed by atoms with E-state index in [1.54, 1.807) is 49.4 Å². The Bertz CT molecular complexity index is 1220. The van der Waals surface area contributed by atoms with Crippen LogP contribution >= 0.6 is 11.8 Å². The number of hydrogen-bond acceptors (Lipinski definition) is 7. The zero-order chi connectivity index (χ0) is 26.1. The van der Waals surface area contributed by atoms with E-state index in [0.717, 1.165) is 11.8 Å². The van der Waals surface area contributed by atoms with E-state index < -0.39 is 5.97 Å². The van der Waals surface area contributed by atoms with E-state index in [-0.39, 0.29) is 47.7 Å². The number of thioether (sulfide) groups is 1. The van der Waals surface area contributed by atoms with Gasteiger partial charge in [-0.1, -0.05) is 43.0 Å². The molecule has 0 saturated carbocycles. The van der Waals surface area contributed by atoms with E-state index in [1.807, 2.05) is 13.8 Å². The maximum Gasteiger partial charge on any atom is 0.344 e. The lowest BCUT2D eigenvalue weighted by molar-refractivity contribution is -0.138. The Morgan fingerprint density at radius 3 is 2.53 bits per heavy atom. The van der Waals surface area contributed by atoms with E-state index in [9.17, 15) is 19.1 Å². The fourth-order valence-corrected chi connectivity index (χ4v) is 4.33. The first-order chi connectivity index (χ1) is 17.4. The van der Waals surface area contributed by atoms with Gasteiger partial charge in [-0.15, -0.1) is 0 Å². The van der Waals surface area contributed by atoms with Crippen molar-refractivity contribution >= 4 is 34.8 Å². The molecule has 36 heavy (non-hydrogen) atoms. The third-order valence-corrected chi connectivity index (χ3v) is 5.99. The standard InChI is InChI=1S/C27H28FNO6S/c1-4-9-23(30)29-26-24(27(32)34-6-3)25(31)22(36-26)15-17-12-13-20(21(14-17)33-5-2)35-16-18-10-7-8-11-19(18)28/h7-8,10-15,31H,4-6,9,16H2,1-3H3/b22-15-,29-26?. The molecule has 0 unspecified atom stereocenters. The summed E-state index contributed by atoms with van der Waals surface area (Å²) in [7, 11) is 0. The van der Waals surface area contributed by atoms with Gasteiger partial charge in [-0.2, -0.15) is 0 Å². The molecule has 0 aliphatic carbocycles. The Morgan fingerprint density at radius 1 is 1.06 bits per heavy atom. The smallest absolute Gasteiger partial charge is 0.344 e. The number of halogens is 1. The fourth-order valence-electron chi connectivity index (χ4n) is 3.30. The number of carbonyl (C=O) groups is 2. The quantitative estimate of drug-likeness (QED) is 0.390. The van der Waals surface area contributed by atoms with Gasteiger partial charge in [0.15, 0.2) is 11.5 Å². The molecule has 1 aliphatic heterocycles. The number of carbonyl (C=O) groups excluding carboxylic acids is 2. The summed E-state index contributed by atoms with van der Waals surface area (Å²) >= 11 is 1.01. The zero-order valence-electron chi connectivity index (χ0n) is 20.4. The van der Waals surface area contributed by atoms with Crippen LogP contribution in [0.1, 0.15) is 44.7 Å². The van der Waals surface area contributed by atoms with Crippen LogP contribution in [0.3, 0.4) is 0 Å². The summed E-state index contributed by atoms with van der Waals surface area (Å²) in [4.78, 5) is 28.9. The van der Waals surface area contributed by atoms with E-state index in [1.165, 1.54) is 6.07 Å². The van der Waals surface area contributed by atoms with Crippen LogP contribution < -0.4 is 9.47 Å². The summed E-state index contributed by atoms with van der Waals surface area (Å²) in [6.07, 6.45) is 2.49. The number of aliphatic imine (C=N–C) groups is 1. The number of nitrogens with zero attached hydrogens (tertiary/aromatic N) is 1. The highest BCUT2D eigenvalue weighted by Gasteiger charge is 2.33. The van der Waals surface area contributed by atoms with Gasteiger partial charge in [0, 0.05) is 12.0 Å². The summed E-state index contributed by atoms with van der Waals surface area (Å²) in [6, 6.07) is 11.5. The van der Waals surface area contributed by atoms with Crippen LogP contribution in [0.5, 0.6) is 11.5 Å². The summed E-state index contributed by atoms with van der Waals surface area (Å²) in [6.45, 7) is 5.85. The lowest BCUT2D eigenvalue weighted by Gasteiger charge is -2.13. The Labute approximate surface area is 213 Å². The van der Waals surface area contributed by atoms with Gasteiger partial charge in [-0.05, 0) is 50.1 Å². The molecule has 3 rings (SSSR count). The second-order valence-corrected chi connectivity index (χ2v) is 8.67. The topological polar surface area (TPSA) is 94.4 Å². The summed E-state index contributed by atoms with van der Waals surface area (Å²) in [5, 5.41) is 10.9. The van der Waals surface area contributed by atoms with Gasteiger partial charge >= 0.3 is 5.97 Å². The molecule has 0 radical (unpaired) electrons. The Balaban J connectivity index is 1.91. The molecule has 1 aliphatic rings. The van der Waals surface area contributed by atoms with E-state index in [4.69, 9.17) is 14.2 Å². The maximum atomic E-state index is 13.9. The highest BCUT2D eigenvalue weighted by atomic mass is 32.2. The normalized spacial score (nSPS) is 15.4. The molecule has 1 N–H and O–H groups in total. The van der Waals surface area contributed by atoms with Gasteiger partial charge in [0.05, 0.1) is 18.1 Å². The van der Waals surface area contributed by atoms with Gasteiger partial charge in [0.25, 0.3) is 0 Å². The molecule has 9 heteroatoms. The van der Waals surface area contributed by atoms with E-state index in [2.05, 4.69) is 4.99 Å². The summed E-state index contributed by atoms with van der Waals surface area (Å²) in [5.41, 5.74) is 0.932. The van der Waals surface area contributed by atoms with Crippen molar-refractivity contribution in [2.24, 2.45) is 4.99 Å². The minimum absolute atomic E-state index is 0.0288. The second kappa shape index (κ2) is 12.9. The van der Waals surface area contributed by atoms with Crippen molar-refractivity contribution < 1.29 is 33.3 Å². The van der Waals surface area contributed by atoms with Crippen LogP contribution in [0.15, 0.2) is 63.7 Å². The minimum atomic E-state index is -0.749. The van der Waals surface area contributed by atoms with Gasteiger partial charge in [0.1, 0.15) is 28.8 Å². The van der Waals surface area contributed by atoms with Crippen LogP contribution in [0.2, 0.25) is 0 Å². The molecule has 190 valence electrons. The highest BCUT2D eigenvalue weighted by molar-refractivity contribution is 8.18. The van der Waals surface area contributed by atoms with Gasteiger partial charge in [-0.25, -0.2) is 14.2 Å². The predicted molar refractivity (Wildman–Crippen MR) is 138 cm³/mol. The second-order valence-electron chi connectivity index (χ2n) is 7.63. The first-order valence-electron chi connectivity index (χ1n) is 11.6. The molecule has 1 amide bonds. The number of benzene rings is 2. The molecular weight excluding hydrogens is 485 g/mol. The van der Waals surface area contributed by atoms with Crippen LogP contribution in [0.25, 0.3) is 6.08 Å². The number of amides is 1. The number of rotatable bonds is 10. The number of aliphatic hydroxyl groups is 1. The van der Waals surface area contributed by atoms with Gasteiger partial charge < -0.3 is 19.3 Å². The molecule has 2 aromatic rings. The average molecular weight is 514 g/mol. The molecular formula is C27H28FNO6S. The van der Waals surface area contributed by atoms with Crippen LogP contribution in [-0.2, 0) is 20.9 Å². The molecule has 2 aromatic carbocycles. The lowest BCUT2D eigenvalue weighted by Crippen LogP contribution is -2.14. The van der Waals surface area contributed by atoms with Crippen molar-refractivity contribution in [1.82, 2.24) is 0 Å². The van der Waals surface area contributed by atoms with Crippen molar-refractivity contribution in [3.05, 3.63) is 75.6 Å². The Kier molecular flexibility index (Phi) is 9.69. The molecule has 1 heterocycles. The lowest BCUT2D eigenvalue weighted by atomic mass is 10.1. The van der Waals surface area contributed by atoms with Crippen LogP contribution in [0, 0.1) is 5.82 Å². The third-order valence-electron chi connectivity index (χ3n) is 4.97. The average Bonchev–Trinajstić information content (AvgIpc) is 3.14. The third kappa shape index (κ3) is 6.75. The number of aliphatic hydroxyl groups excluding tert-OH is 1. The monoisotopic (exact) mass is 513 g/mol. The summed E-state index contributed by atoms with van der Waals surface area (Å²) < 4.78 is 30.5. The molecule has 0 spiro atoms. The maximum absolute atomic E-state index is 13.9. The van der Waals surface area contributed by atoms with Crippen molar-refractivity contribution in [2.45, 2.75) is 40.2 Å². The first-order valence-corrected chi connectivity index (χ1v) is 12.4. The van der Waals surface area contributed by atoms with Crippen molar-refractivity contribution in [3.63, 3.8) is 0 Å². The van der Waals surface area contributed by atoms with Crippen molar-refractivity contribution in [1.29, 1.82) is 0 Å². The molecule has 0 aromatic heterocycles. The Hall–Kier alpha value is -3.59. The number of ether oxygens (including phenoxy) is 3. The number of esters is 1. The van der Waals surface area contributed by atoms with Crippen molar-refractivity contribution in [3.8, 4) is 11.5 Å². The number of hydrogen-bond donors (Lipinski definition) is 1. The molecule has 0 fully saturated rings. The van der Waals surface area contributed by atoms with E-state index in [0.29, 0.717) is 40.6 Å². The Morgan fingerprint density at radius 2 is 1.83 bits per heavy atom. The first kappa shape index (κ1) is 27.0. The van der Waals surface area contributed by atoms with Gasteiger partial charge in [-0.3, -0.25) is 4.79 Å². The SMILES string of the molecule is CCCC(=O)N=C1S/C(=C\c2ccc(OCc3ccccc3F)c(OCC)c2)C(O)=C1C(=O)OCC. The predicted octanol–water partition coefficient (Wildman–Crippen LogP) is 5.99. The van der Waals surface area contributed by atoms with E-state index >= 15 is 0 Å². The van der Waals surface area contributed by atoms with Crippen LogP contribution in [0.4, 0.5) is 4.39 Å². The molecule has 7 nitrogen and oxygen atoms in total. The molecule has 0 bridgehead atoms. The highest BCUT2D eigenvalue weighted by Crippen LogP contribution is 2.40. The fraction of sp³-hybridized carbons (Fsp3) is 0.296. The molecule has 0 atom stereocenters.